The highest BCUT2D eigenvalue weighted by Gasteiger charge is 2.44. The van der Waals surface area contributed by atoms with E-state index in [1.807, 2.05) is 0 Å². The van der Waals surface area contributed by atoms with Crippen LogP contribution in [0.25, 0.3) is 10.9 Å². The van der Waals surface area contributed by atoms with Crippen LogP contribution in [0.15, 0.2) is 9.63 Å². The lowest BCUT2D eigenvalue weighted by Gasteiger charge is -2.41. The zero-order chi connectivity index (χ0) is 22.1. The lowest BCUT2D eigenvalue weighted by atomic mass is 10.0. The number of nitrogens with zero attached hydrogens (tertiary/aromatic N) is 4. The van der Waals surface area contributed by atoms with Gasteiger partial charge in [0.2, 0.25) is 15.0 Å². The second kappa shape index (κ2) is 7.43. The van der Waals surface area contributed by atoms with Crippen LogP contribution in [-0.2, 0) is 27.8 Å². The molecule has 0 radical (unpaired) electrons. The zero-order valence-corrected chi connectivity index (χ0v) is 19.8. The van der Waals surface area contributed by atoms with Crippen LogP contribution in [0.3, 0.4) is 0 Å². The van der Waals surface area contributed by atoms with Crippen LogP contribution in [-0.4, -0.2) is 65.4 Å². The summed E-state index contributed by atoms with van der Waals surface area (Å²) in [6.07, 6.45) is 0.664. The Morgan fingerprint density at radius 3 is 2.48 bits per heavy atom. The number of hydrogen-bond acceptors (Lipinski definition) is 7. The Hall–Kier alpha value is -1.69. The number of fused-ring (bicyclic) bond motifs is 5. The van der Waals surface area contributed by atoms with Crippen molar-refractivity contribution in [2.24, 2.45) is 0 Å². The highest BCUT2D eigenvalue weighted by Crippen LogP contribution is 2.46. The third-order valence-corrected chi connectivity index (χ3v) is 9.32. The first-order chi connectivity index (χ1) is 14.7. The number of hydrogen-bond donors (Lipinski definition) is 1. The molecule has 3 aliphatic rings. The van der Waals surface area contributed by atoms with Gasteiger partial charge in [-0.3, -0.25) is 0 Å². The molecular formula is C19H20BrClN4O5S. The highest BCUT2D eigenvalue weighted by molar-refractivity contribution is 9.10. The highest BCUT2D eigenvalue weighted by atomic mass is 79.9. The maximum atomic E-state index is 12.7. The summed E-state index contributed by atoms with van der Waals surface area (Å²) in [5.41, 5.74) is 2.17. The SMILES string of the molecule is CCS(=O)(=O)c1nc(N2C3CCC2CN(C(=O)O)C3)c2c3c(c(Br)c(Cl)c2n1)COC3. The van der Waals surface area contributed by atoms with E-state index < -0.39 is 15.9 Å². The van der Waals surface area contributed by atoms with E-state index >= 15 is 0 Å². The molecule has 1 amide bonds. The molecule has 0 spiro atoms. The number of ether oxygens (including phenoxy) is 1. The van der Waals surface area contributed by atoms with E-state index in [0.29, 0.717) is 52.5 Å². The van der Waals surface area contributed by atoms with Crippen molar-refractivity contribution in [3.63, 3.8) is 0 Å². The molecule has 2 bridgehead atoms. The number of amides is 1. The van der Waals surface area contributed by atoms with Crippen LogP contribution >= 0.6 is 27.5 Å². The number of piperazine rings is 1. The van der Waals surface area contributed by atoms with E-state index in [-0.39, 0.29) is 23.0 Å². The predicted octanol–water partition coefficient (Wildman–Crippen LogP) is 3.20. The number of rotatable bonds is 3. The first-order valence-corrected chi connectivity index (χ1v) is 12.8. The molecule has 1 aromatic heterocycles. The standard InChI is InChI=1S/C19H20BrClN4O5S/c1-2-31(28,29)18-22-16-13(11-7-30-8-12(11)14(20)15(16)21)17(23-18)25-9-3-4-10(25)6-24(5-9)19(26)27/h9-10H,2-8H2,1H3,(H,26,27). The molecule has 31 heavy (non-hydrogen) atoms. The Morgan fingerprint density at radius 2 is 1.87 bits per heavy atom. The number of aromatic nitrogens is 2. The number of likely N-dealkylation sites (tertiary alicyclic amines) is 1. The first-order valence-electron chi connectivity index (χ1n) is 10.00. The largest absolute Gasteiger partial charge is 0.465 e. The van der Waals surface area contributed by atoms with Crippen molar-refractivity contribution in [2.75, 3.05) is 23.7 Å². The Bertz CT molecular complexity index is 1210. The number of halogens is 2. The fourth-order valence-electron chi connectivity index (χ4n) is 4.81. The number of carbonyl (C=O) groups is 1. The molecule has 2 fully saturated rings. The van der Waals surface area contributed by atoms with Gasteiger partial charge in [0, 0.05) is 29.6 Å². The molecule has 4 heterocycles. The molecule has 2 atom stereocenters. The quantitative estimate of drug-likeness (QED) is 0.601. The molecule has 0 saturated carbocycles. The molecule has 2 unspecified atom stereocenters. The summed E-state index contributed by atoms with van der Waals surface area (Å²) < 4.78 is 31.8. The van der Waals surface area contributed by atoms with Gasteiger partial charge in [0.15, 0.2) is 0 Å². The average Bonchev–Trinajstić information content (AvgIpc) is 3.33. The number of carboxylic acid groups (broad SMARTS) is 1. The van der Waals surface area contributed by atoms with Crippen LogP contribution in [0.1, 0.15) is 30.9 Å². The van der Waals surface area contributed by atoms with Gasteiger partial charge in [0.1, 0.15) is 5.82 Å². The van der Waals surface area contributed by atoms with Gasteiger partial charge in [-0.25, -0.2) is 23.2 Å². The minimum atomic E-state index is -3.69. The molecule has 0 aliphatic carbocycles. The second-order valence-corrected chi connectivity index (χ2v) is 11.4. The van der Waals surface area contributed by atoms with Crippen molar-refractivity contribution in [1.29, 1.82) is 0 Å². The van der Waals surface area contributed by atoms with Crippen LogP contribution in [0, 0.1) is 0 Å². The van der Waals surface area contributed by atoms with Gasteiger partial charge in [-0.2, -0.15) is 0 Å². The van der Waals surface area contributed by atoms with E-state index in [1.54, 1.807) is 6.92 Å². The van der Waals surface area contributed by atoms with Crippen LogP contribution < -0.4 is 4.90 Å². The molecule has 3 aliphatic heterocycles. The summed E-state index contributed by atoms with van der Waals surface area (Å²) >= 11 is 10.2. The van der Waals surface area contributed by atoms with Crippen molar-refractivity contribution < 1.29 is 23.1 Å². The lowest BCUT2D eigenvalue weighted by molar-refractivity contribution is 0.133. The van der Waals surface area contributed by atoms with E-state index in [4.69, 9.17) is 16.3 Å². The summed E-state index contributed by atoms with van der Waals surface area (Å²) in [6, 6.07) is -0.184. The molecule has 5 rings (SSSR count). The fraction of sp³-hybridized carbons (Fsp3) is 0.526. The molecular weight excluding hydrogens is 512 g/mol. The summed E-state index contributed by atoms with van der Waals surface area (Å²) in [7, 11) is -3.69. The van der Waals surface area contributed by atoms with Gasteiger partial charge in [-0.15, -0.1) is 0 Å². The molecule has 166 valence electrons. The Balaban J connectivity index is 1.79. The van der Waals surface area contributed by atoms with Gasteiger partial charge in [0.25, 0.3) is 0 Å². The number of sulfone groups is 1. The fourth-order valence-corrected chi connectivity index (χ4v) is 6.32. The first kappa shape index (κ1) is 21.2. The monoisotopic (exact) mass is 530 g/mol. The second-order valence-electron chi connectivity index (χ2n) is 8.01. The Kier molecular flexibility index (Phi) is 5.07. The van der Waals surface area contributed by atoms with Gasteiger partial charge in [-0.1, -0.05) is 18.5 Å². The van der Waals surface area contributed by atoms with Gasteiger partial charge in [0.05, 0.1) is 34.9 Å². The van der Waals surface area contributed by atoms with Gasteiger partial charge in [-0.05, 0) is 39.9 Å². The minimum absolute atomic E-state index is 0.0921. The predicted molar refractivity (Wildman–Crippen MR) is 117 cm³/mol. The molecule has 2 saturated heterocycles. The number of anilines is 1. The van der Waals surface area contributed by atoms with E-state index in [1.165, 1.54) is 4.90 Å². The maximum Gasteiger partial charge on any atom is 0.407 e. The van der Waals surface area contributed by atoms with Crippen LogP contribution in [0.5, 0.6) is 0 Å². The number of benzene rings is 1. The minimum Gasteiger partial charge on any atom is -0.465 e. The summed E-state index contributed by atoms with van der Waals surface area (Å²) in [4.78, 5) is 24.0. The summed E-state index contributed by atoms with van der Waals surface area (Å²) in [5, 5.41) is 10.2. The van der Waals surface area contributed by atoms with E-state index in [2.05, 4.69) is 30.8 Å². The van der Waals surface area contributed by atoms with Crippen LogP contribution in [0.2, 0.25) is 5.02 Å². The van der Waals surface area contributed by atoms with Crippen molar-refractivity contribution in [2.45, 2.75) is 50.2 Å². The van der Waals surface area contributed by atoms with E-state index in [0.717, 1.165) is 24.0 Å². The Morgan fingerprint density at radius 1 is 1.23 bits per heavy atom. The van der Waals surface area contributed by atoms with Crippen molar-refractivity contribution in [1.82, 2.24) is 14.9 Å². The third kappa shape index (κ3) is 3.20. The maximum absolute atomic E-state index is 12.7. The van der Waals surface area contributed by atoms with Gasteiger partial charge < -0.3 is 19.6 Å². The van der Waals surface area contributed by atoms with Crippen LogP contribution in [0.4, 0.5) is 10.6 Å². The lowest BCUT2D eigenvalue weighted by Crippen LogP contribution is -2.55. The van der Waals surface area contributed by atoms with Crippen molar-refractivity contribution in [3.05, 3.63) is 20.6 Å². The third-order valence-electron chi connectivity index (χ3n) is 6.35. The molecule has 12 heteroatoms. The molecule has 1 N–H and O–H groups in total. The smallest absolute Gasteiger partial charge is 0.407 e. The van der Waals surface area contributed by atoms with Gasteiger partial charge >= 0.3 is 6.09 Å². The van der Waals surface area contributed by atoms with E-state index in [9.17, 15) is 18.3 Å². The summed E-state index contributed by atoms with van der Waals surface area (Å²) in [6.45, 7) is 2.97. The summed E-state index contributed by atoms with van der Waals surface area (Å²) in [5.74, 6) is 0.371. The zero-order valence-electron chi connectivity index (χ0n) is 16.6. The molecule has 9 nitrogen and oxygen atoms in total. The molecule has 1 aromatic carbocycles. The topological polar surface area (TPSA) is 113 Å². The van der Waals surface area contributed by atoms with Crippen molar-refractivity contribution >= 4 is 60.2 Å². The molecule has 2 aromatic rings. The van der Waals surface area contributed by atoms with Crippen molar-refractivity contribution in [3.8, 4) is 0 Å². The Labute approximate surface area is 192 Å². The normalized spacial score (nSPS) is 22.9. The average molecular weight is 532 g/mol.